The second-order valence-electron chi connectivity index (χ2n) is 9.45. The molecule has 2 aromatic rings. The molecule has 37 heavy (non-hydrogen) atoms. The molecule has 1 N–H and O–H groups in total. The largest absolute Gasteiger partial charge is 0.489 e. The van der Waals surface area contributed by atoms with Crippen LogP contribution >= 0.6 is 0 Å². The minimum Gasteiger partial charge on any atom is -0.489 e. The van der Waals surface area contributed by atoms with Crippen LogP contribution in [0.3, 0.4) is 0 Å². The molecule has 2 fully saturated rings. The molecule has 0 bridgehead atoms. The van der Waals surface area contributed by atoms with E-state index in [0.717, 1.165) is 17.7 Å². The van der Waals surface area contributed by atoms with Gasteiger partial charge in [-0.1, -0.05) is 18.2 Å². The van der Waals surface area contributed by atoms with Crippen molar-refractivity contribution in [2.75, 3.05) is 33.4 Å². The van der Waals surface area contributed by atoms with E-state index in [9.17, 15) is 22.8 Å². The van der Waals surface area contributed by atoms with Gasteiger partial charge in [-0.3, -0.25) is 9.69 Å². The van der Waals surface area contributed by atoms with Gasteiger partial charge in [-0.25, -0.2) is 4.79 Å². The van der Waals surface area contributed by atoms with Gasteiger partial charge in [0.15, 0.2) is 0 Å². The van der Waals surface area contributed by atoms with E-state index in [4.69, 9.17) is 14.2 Å². The number of nitrogens with one attached hydrogen (secondary N) is 1. The predicted octanol–water partition coefficient (Wildman–Crippen LogP) is 4.37. The first-order valence-corrected chi connectivity index (χ1v) is 12.3. The molecule has 2 aliphatic rings. The van der Waals surface area contributed by atoms with E-state index in [2.05, 4.69) is 10.2 Å². The lowest BCUT2D eigenvalue weighted by atomic mass is 9.86. The third-order valence-corrected chi connectivity index (χ3v) is 7.14. The van der Waals surface area contributed by atoms with Gasteiger partial charge < -0.3 is 19.5 Å². The Morgan fingerprint density at radius 2 is 1.84 bits per heavy atom. The normalized spacial score (nSPS) is 20.7. The van der Waals surface area contributed by atoms with Gasteiger partial charge in [-0.2, -0.15) is 13.2 Å². The minimum atomic E-state index is -4.44. The number of hydrogen-bond acceptors (Lipinski definition) is 6. The smallest absolute Gasteiger partial charge is 0.416 e. The van der Waals surface area contributed by atoms with Crippen molar-refractivity contribution >= 4 is 11.9 Å². The molecule has 10 heteroatoms. The van der Waals surface area contributed by atoms with Crippen LogP contribution in [-0.4, -0.2) is 61.8 Å². The van der Waals surface area contributed by atoms with E-state index >= 15 is 0 Å². The van der Waals surface area contributed by atoms with Crippen LogP contribution in [0.2, 0.25) is 0 Å². The van der Waals surface area contributed by atoms with Crippen molar-refractivity contribution in [2.45, 2.75) is 50.0 Å². The Labute approximate surface area is 213 Å². The maximum atomic E-state index is 13.7. The molecular formula is C27H31F3N2O5. The predicted molar refractivity (Wildman–Crippen MR) is 129 cm³/mol. The van der Waals surface area contributed by atoms with E-state index in [0.29, 0.717) is 51.1 Å². The topological polar surface area (TPSA) is 77.1 Å². The van der Waals surface area contributed by atoms with Gasteiger partial charge in [-0.05, 0) is 62.1 Å². The number of carbonyl (C=O) groups excluding carboxylic acids is 2. The second kappa shape index (κ2) is 11.1. The van der Waals surface area contributed by atoms with Gasteiger partial charge >= 0.3 is 12.1 Å². The van der Waals surface area contributed by atoms with Crippen molar-refractivity contribution in [3.8, 4) is 5.75 Å². The highest BCUT2D eigenvalue weighted by Gasteiger charge is 2.48. The molecule has 1 amide bonds. The van der Waals surface area contributed by atoms with Crippen LogP contribution in [0.25, 0.3) is 0 Å². The third kappa shape index (κ3) is 6.07. The molecule has 0 aromatic heterocycles. The summed E-state index contributed by atoms with van der Waals surface area (Å²) in [6, 6.07) is 11.4. The first kappa shape index (κ1) is 26.9. The van der Waals surface area contributed by atoms with Crippen LogP contribution in [-0.2, 0) is 20.4 Å². The minimum absolute atomic E-state index is 0.125. The molecule has 0 radical (unpaired) electrons. The zero-order valence-electron chi connectivity index (χ0n) is 20.8. The number of benzene rings is 2. The van der Waals surface area contributed by atoms with Gasteiger partial charge in [-0.15, -0.1) is 0 Å². The highest BCUT2D eigenvalue weighted by molar-refractivity contribution is 5.89. The standard InChI is InChI=1S/C27H31F3N2O5/c1-18(19-6-8-20(9-7-19)24(33)35-2)31-25(34)26(11-14-36-15-12-26)32-13-10-23(17-32)37-22-5-3-4-21(16-22)27(28,29)30/h3-9,16,18,23H,10-15,17H2,1-2H3,(H,31,34)/t18-,23+/m0/s1. The lowest BCUT2D eigenvalue weighted by Gasteiger charge is -2.43. The maximum Gasteiger partial charge on any atom is 0.416 e. The molecule has 2 atom stereocenters. The van der Waals surface area contributed by atoms with Crippen molar-refractivity contribution in [2.24, 2.45) is 0 Å². The Bertz CT molecular complexity index is 1100. The number of hydrogen-bond donors (Lipinski definition) is 1. The number of ether oxygens (including phenoxy) is 3. The van der Waals surface area contributed by atoms with Crippen molar-refractivity contribution < 1.29 is 37.0 Å². The zero-order valence-corrected chi connectivity index (χ0v) is 20.8. The van der Waals surface area contributed by atoms with Crippen LogP contribution in [0.5, 0.6) is 5.75 Å². The molecule has 2 heterocycles. The molecule has 2 aromatic carbocycles. The summed E-state index contributed by atoms with van der Waals surface area (Å²) < 4.78 is 55.4. The summed E-state index contributed by atoms with van der Waals surface area (Å²) in [5, 5.41) is 3.12. The average Bonchev–Trinajstić information content (AvgIpc) is 3.37. The summed E-state index contributed by atoms with van der Waals surface area (Å²) in [4.78, 5) is 27.5. The van der Waals surface area contributed by atoms with E-state index in [-0.39, 0.29) is 23.8 Å². The fourth-order valence-corrected chi connectivity index (χ4v) is 4.99. The Balaban J connectivity index is 1.44. The lowest BCUT2D eigenvalue weighted by Crippen LogP contribution is -2.61. The van der Waals surface area contributed by atoms with Gasteiger partial charge in [0.1, 0.15) is 17.4 Å². The molecule has 4 rings (SSSR count). The van der Waals surface area contributed by atoms with E-state index < -0.39 is 23.2 Å². The molecule has 200 valence electrons. The Hall–Kier alpha value is -3.11. The van der Waals surface area contributed by atoms with Gasteiger partial charge in [0.05, 0.1) is 24.3 Å². The van der Waals surface area contributed by atoms with Gasteiger partial charge in [0.2, 0.25) is 5.91 Å². The molecule has 7 nitrogen and oxygen atoms in total. The molecular weight excluding hydrogens is 489 g/mol. The third-order valence-electron chi connectivity index (χ3n) is 7.14. The van der Waals surface area contributed by atoms with Gasteiger partial charge in [0.25, 0.3) is 0 Å². The van der Waals surface area contributed by atoms with E-state index in [1.165, 1.54) is 19.2 Å². The SMILES string of the molecule is COC(=O)c1ccc([C@H](C)NC(=O)C2(N3CC[C@@H](Oc4cccc(C(F)(F)F)c4)C3)CCOCC2)cc1. The highest BCUT2D eigenvalue weighted by Crippen LogP contribution is 2.35. The Morgan fingerprint density at radius 1 is 1.14 bits per heavy atom. The first-order chi connectivity index (χ1) is 17.6. The summed E-state index contributed by atoms with van der Waals surface area (Å²) in [7, 11) is 1.32. The second-order valence-corrected chi connectivity index (χ2v) is 9.45. The van der Waals surface area contributed by atoms with Crippen molar-refractivity contribution in [3.05, 3.63) is 65.2 Å². The molecule has 0 aliphatic carbocycles. The number of amides is 1. The van der Waals surface area contributed by atoms with Crippen molar-refractivity contribution in [3.63, 3.8) is 0 Å². The number of alkyl halides is 3. The number of nitrogens with zero attached hydrogens (tertiary/aromatic N) is 1. The number of esters is 1. The molecule has 2 saturated heterocycles. The zero-order chi connectivity index (χ0) is 26.6. The molecule has 0 saturated carbocycles. The van der Waals surface area contributed by atoms with Crippen LogP contribution in [0.15, 0.2) is 48.5 Å². The molecule has 0 unspecified atom stereocenters. The number of halogens is 3. The van der Waals surface area contributed by atoms with Crippen LogP contribution < -0.4 is 10.1 Å². The Morgan fingerprint density at radius 3 is 2.49 bits per heavy atom. The highest BCUT2D eigenvalue weighted by atomic mass is 19.4. The van der Waals surface area contributed by atoms with Crippen LogP contribution in [0, 0.1) is 0 Å². The summed E-state index contributed by atoms with van der Waals surface area (Å²) in [5.74, 6) is -0.392. The first-order valence-electron chi connectivity index (χ1n) is 12.3. The number of rotatable bonds is 7. The van der Waals surface area contributed by atoms with Crippen molar-refractivity contribution in [1.29, 1.82) is 0 Å². The fraction of sp³-hybridized carbons (Fsp3) is 0.481. The van der Waals surface area contributed by atoms with Crippen LogP contribution in [0.1, 0.15) is 53.7 Å². The lowest BCUT2D eigenvalue weighted by molar-refractivity contribution is -0.141. The summed E-state index contributed by atoms with van der Waals surface area (Å²) in [6.45, 7) is 3.75. The molecule has 0 spiro atoms. The fourth-order valence-electron chi connectivity index (χ4n) is 4.99. The van der Waals surface area contributed by atoms with Crippen LogP contribution in [0.4, 0.5) is 13.2 Å². The molecule has 2 aliphatic heterocycles. The van der Waals surface area contributed by atoms with E-state index in [1.807, 2.05) is 6.92 Å². The quantitative estimate of drug-likeness (QED) is 0.547. The van der Waals surface area contributed by atoms with Crippen molar-refractivity contribution in [1.82, 2.24) is 10.2 Å². The van der Waals surface area contributed by atoms with E-state index in [1.54, 1.807) is 24.3 Å². The number of carbonyl (C=O) groups is 2. The summed E-state index contributed by atoms with van der Waals surface area (Å²) >= 11 is 0. The summed E-state index contributed by atoms with van der Waals surface area (Å²) in [6.07, 6.45) is -3.18. The Kier molecular flexibility index (Phi) is 8.08. The van der Waals surface area contributed by atoms with Gasteiger partial charge in [0, 0.05) is 26.3 Å². The summed E-state index contributed by atoms with van der Waals surface area (Å²) in [5.41, 5.74) is -0.289. The monoisotopic (exact) mass is 520 g/mol. The average molecular weight is 521 g/mol. The number of methoxy groups -OCH3 is 1. The maximum absolute atomic E-state index is 13.7. The number of likely N-dealkylation sites (tertiary alicyclic amines) is 1.